The zero-order valence-electron chi connectivity index (χ0n) is 28.7. The Morgan fingerprint density at radius 2 is 0.911 bits per heavy atom. The standard InChI is InChI=1S/C39H55N3.2ClH.Fe/c1-11-14-30-22-34(26(3)4)38(35(23-30)27(5)6)40-20-18-32-16-13-17-33(42-32)19-21-41-39-36(28(7)8)24-31(15-12-2)25-37(39)29(9)10;;;/h11-13,16-17,22-29,40-41H,1-2,14-15,18-21H2,3-10H3;2*1H;/q;;;+2/p-2. The number of rotatable bonds is 16. The molecule has 0 saturated heterocycles. The van der Waals surface area contributed by atoms with Crippen molar-refractivity contribution in [1.82, 2.24) is 4.98 Å². The minimum Gasteiger partial charge on any atom is -1.00 e. The average molecular weight is 693 g/mol. The molecule has 0 aliphatic heterocycles. The largest absolute Gasteiger partial charge is 2.00 e. The number of pyridine rings is 1. The molecule has 0 unspecified atom stereocenters. The molecule has 0 bridgehead atoms. The van der Waals surface area contributed by atoms with Crippen LogP contribution in [0.15, 0.2) is 67.8 Å². The molecule has 3 aromatic rings. The second-order valence-corrected chi connectivity index (χ2v) is 12.9. The van der Waals surface area contributed by atoms with E-state index in [4.69, 9.17) is 4.98 Å². The number of anilines is 2. The zero-order chi connectivity index (χ0) is 30.8. The first-order chi connectivity index (χ1) is 20.0. The molecule has 0 aliphatic rings. The van der Waals surface area contributed by atoms with Gasteiger partial charge in [-0.3, -0.25) is 4.98 Å². The summed E-state index contributed by atoms with van der Waals surface area (Å²) in [6.07, 6.45) is 7.59. The number of benzene rings is 2. The molecule has 1 aromatic heterocycles. The van der Waals surface area contributed by atoms with E-state index in [0.717, 1.165) is 50.2 Å². The van der Waals surface area contributed by atoms with Gasteiger partial charge in [0.05, 0.1) is 0 Å². The Kier molecular flexibility index (Phi) is 19.8. The molecule has 1 heterocycles. The van der Waals surface area contributed by atoms with Gasteiger partial charge in [-0.05, 0) is 82.0 Å². The van der Waals surface area contributed by atoms with E-state index in [1.807, 2.05) is 12.2 Å². The van der Waals surface area contributed by atoms with Gasteiger partial charge in [-0.25, -0.2) is 0 Å². The SMILES string of the molecule is C=CCc1cc(C(C)C)c(NCCc2cccc(CCNc3c(C(C)C)cc(CC=C)cc3C(C)C)n2)c(C(C)C)c1.[Cl-].[Cl-].[Fe+2]. The second kappa shape index (κ2) is 20.8. The molecule has 2 N–H and O–H groups in total. The summed E-state index contributed by atoms with van der Waals surface area (Å²) in [5, 5.41) is 7.62. The van der Waals surface area contributed by atoms with Crippen LogP contribution in [0, 0.1) is 0 Å². The summed E-state index contributed by atoms with van der Waals surface area (Å²) in [5.41, 5.74) is 13.1. The molecule has 0 amide bonds. The van der Waals surface area contributed by atoms with Crippen LogP contribution < -0.4 is 35.4 Å². The van der Waals surface area contributed by atoms with Gasteiger partial charge in [0, 0.05) is 48.7 Å². The number of aromatic nitrogens is 1. The van der Waals surface area contributed by atoms with Crippen molar-refractivity contribution in [1.29, 1.82) is 0 Å². The smallest absolute Gasteiger partial charge is 1.00 e. The van der Waals surface area contributed by atoms with Crippen molar-refractivity contribution < 1.29 is 41.9 Å². The van der Waals surface area contributed by atoms with Gasteiger partial charge in [0.15, 0.2) is 0 Å². The van der Waals surface area contributed by atoms with E-state index in [1.165, 1.54) is 44.8 Å². The first-order valence-corrected chi connectivity index (χ1v) is 16.0. The van der Waals surface area contributed by atoms with Crippen LogP contribution in [-0.4, -0.2) is 18.1 Å². The number of halogens is 2. The minimum atomic E-state index is 0. The van der Waals surface area contributed by atoms with Gasteiger partial charge in [0.25, 0.3) is 0 Å². The van der Waals surface area contributed by atoms with Crippen molar-refractivity contribution in [3.05, 3.63) is 113 Å². The minimum absolute atomic E-state index is 0. The first kappa shape index (κ1) is 42.8. The van der Waals surface area contributed by atoms with E-state index in [1.54, 1.807) is 0 Å². The Hall–Kier alpha value is -2.23. The number of hydrogen-bond donors (Lipinski definition) is 2. The van der Waals surface area contributed by atoms with Gasteiger partial charge < -0.3 is 35.4 Å². The molecule has 3 rings (SSSR count). The molecule has 0 saturated carbocycles. The van der Waals surface area contributed by atoms with Crippen molar-refractivity contribution in [2.24, 2.45) is 0 Å². The average Bonchev–Trinajstić information content (AvgIpc) is 2.94. The predicted octanol–water partition coefficient (Wildman–Crippen LogP) is 4.35. The van der Waals surface area contributed by atoms with Crippen molar-refractivity contribution in [2.45, 2.75) is 105 Å². The normalized spacial score (nSPS) is 10.8. The van der Waals surface area contributed by atoms with E-state index < -0.39 is 0 Å². The third kappa shape index (κ3) is 12.1. The predicted molar refractivity (Wildman–Crippen MR) is 186 cm³/mol. The molecule has 0 radical (unpaired) electrons. The van der Waals surface area contributed by atoms with Crippen LogP contribution in [0.4, 0.5) is 11.4 Å². The molecular formula is C39H55Cl2FeN3. The maximum Gasteiger partial charge on any atom is 2.00 e. The fraction of sp³-hybridized carbons (Fsp3) is 0.462. The Bertz CT molecular complexity index is 1190. The Morgan fingerprint density at radius 1 is 0.600 bits per heavy atom. The molecule has 0 atom stereocenters. The summed E-state index contributed by atoms with van der Waals surface area (Å²) in [7, 11) is 0. The molecule has 3 nitrogen and oxygen atoms in total. The van der Waals surface area contributed by atoms with Crippen LogP contribution in [0.25, 0.3) is 0 Å². The molecule has 0 aliphatic carbocycles. The summed E-state index contributed by atoms with van der Waals surface area (Å²) in [6.45, 7) is 27.9. The van der Waals surface area contributed by atoms with Gasteiger partial charge in [-0.2, -0.15) is 0 Å². The molecule has 248 valence electrons. The van der Waals surface area contributed by atoms with Gasteiger partial charge in [-0.1, -0.05) is 97.9 Å². The molecule has 45 heavy (non-hydrogen) atoms. The third-order valence-electron chi connectivity index (χ3n) is 8.00. The van der Waals surface area contributed by atoms with Crippen molar-refractivity contribution >= 4 is 11.4 Å². The van der Waals surface area contributed by atoms with E-state index in [-0.39, 0.29) is 41.9 Å². The van der Waals surface area contributed by atoms with E-state index >= 15 is 0 Å². The quantitative estimate of drug-likeness (QED) is 0.173. The van der Waals surface area contributed by atoms with Crippen LogP contribution >= 0.6 is 0 Å². The summed E-state index contributed by atoms with van der Waals surface area (Å²) in [6, 6.07) is 15.9. The van der Waals surface area contributed by atoms with Gasteiger partial charge in [0.1, 0.15) is 0 Å². The summed E-state index contributed by atoms with van der Waals surface area (Å²) >= 11 is 0. The van der Waals surface area contributed by atoms with Crippen molar-refractivity contribution in [3.8, 4) is 0 Å². The molecule has 6 heteroatoms. The van der Waals surface area contributed by atoms with Crippen molar-refractivity contribution in [3.63, 3.8) is 0 Å². The monoisotopic (exact) mass is 691 g/mol. The topological polar surface area (TPSA) is 37.0 Å². The summed E-state index contributed by atoms with van der Waals surface area (Å²) < 4.78 is 0. The van der Waals surface area contributed by atoms with Crippen LogP contribution in [0.3, 0.4) is 0 Å². The fourth-order valence-corrected chi connectivity index (χ4v) is 5.74. The van der Waals surface area contributed by atoms with E-state index in [2.05, 4.69) is 122 Å². The first-order valence-electron chi connectivity index (χ1n) is 16.0. The molecule has 0 fully saturated rings. The molecule has 0 spiro atoms. The Labute approximate surface area is 297 Å². The van der Waals surface area contributed by atoms with Crippen LogP contribution in [0.1, 0.15) is 124 Å². The molecule has 2 aromatic carbocycles. The molecular weight excluding hydrogens is 637 g/mol. The van der Waals surface area contributed by atoms with Gasteiger partial charge in [0.2, 0.25) is 0 Å². The van der Waals surface area contributed by atoms with Crippen molar-refractivity contribution in [2.75, 3.05) is 23.7 Å². The number of hydrogen-bond acceptors (Lipinski definition) is 3. The summed E-state index contributed by atoms with van der Waals surface area (Å²) in [4.78, 5) is 5.04. The Morgan fingerprint density at radius 3 is 1.18 bits per heavy atom. The number of nitrogens with one attached hydrogen (secondary N) is 2. The van der Waals surface area contributed by atoms with Gasteiger partial charge in [-0.15, -0.1) is 13.2 Å². The summed E-state index contributed by atoms with van der Waals surface area (Å²) in [5.74, 6) is 1.81. The zero-order valence-corrected chi connectivity index (χ0v) is 31.3. The van der Waals surface area contributed by atoms with E-state index in [0.29, 0.717) is 23.7 Å². The van der Waals surface area contributed by atoms with Crippen LogP contribution in [0.2, 0.25) is 0 Å². The third-order valence-corrected chi connectivity index (χ3v) is 8.00. The maximum atomic E-state index is 5.04. The van der Waals surface area contributed by atoms with Crippen LogP contribution in [-0.2, 0) is 42.8 Å². The fourth-order valence-electron chi connectivity index (χ4n) is 5.74. The number of nitrogens with zero attached hydrogens (tertiary/aromatic N) is 1. The van der Waals surface area contributed by atoms with Gasteiger partial charge >= 0.3 is 17.1 Å². The second-order valence-electron chi connectivity index (χ2n) is 12.9. The van der Waals surface area contributed by atoms with Crippen LogP contribution in [0.5, 0.6) is 0 Å². The Balaban J connectivity index is 0.00000645. The maximum absolute atomic E-state index is 5.04. The number of allylic oxidation sites excluding steroid dienone is 2. The van der Waals surface area contributed by atoms with E-state index in [9.17, 15) is 0 Å².